The number of guanidine groups is 1. The van der Waals surface area contributed by atoms with Gasteiger partial charge in [-0.25, -0.2) is 0 Å². The standard InChI is InChI=1S/C14H16BrF3N6O/c15-12(20)24-13(22-9-8-21-7-1-6-19)23-10-2-4-11(5-3-10)25-14(16,17)18/h1-7,19,21H,8-9H2,(H3,20,22,23,24)/b7-1-,19-6?. The molecule has 0 fully saturated rings. The molecule has 0 atom stereocenters. The summed E-state index contributed by atoms with van der Waals surface area (Å²) in [5.41, 5.74) is 0.464. The van der Waals surface area contributed by atoms with Crippen molar-refractivity contribution in [3.8, 4) is 5.75 Å². The van der Waals surface area contributed by atoms with Crippen molar-refractivity contribution in [2.24, 2.45) is 4.99 Å². The number of hydrogen-bond acceptors (Lipinski definition) is 4. The second-order valence-corrected chi connectivity index (χ2v) is 5.11. The van der Waals surface area contributed by atoms with Crippen molar-refractivity contribution in [2.75, 3.05) is 18.4 Å². The lowest BCUT2D eigenvalue weighted by molar-refractivity contribution is -0.274. The van der Waals surface area contributed by atoms with E-state index in [9.17, 15) is 13.2 Å². The molecular weight excluding hydrogens is 405 g/mol. The summed E-state index contributed by atoms with van der Waals surface area (Å²) < 4.78 is 40.0. The van der Waals surface area contributed by atoms with Gasteiger partial charge in [-0.05, 0) is 52.5 Å². The lowest BCUT2D eigenvalue weighted by Crippen LogP contribution is -2.35. The van der Waals surface area contributed by atoms with Crippen LogP contribution in [-0.4, -0.2) is 36.4 Å². The van der Waals surface area contributed by atoms with Crippen LogP contribution in [0.1, 0.15) is 0 Å². The monoisotopic (exact) mass is 420 g/mol. The van der Waals surface area contributed by atoms with Crippen LogP contribution in [0.25, 0.3) is 0 Å². The zero-order valence-corrected chi connectivity index (χ0v) is 14.4. The van der Waals surface area contributed by atoms with Gasteiger partial charge in [0, 0.05) is 25.0 Å². The zero-order valence-electron chi connectivity index (χ0n) is 12.8. The highest BCUT2D eigenvalue weighted by atomic mass is 79.9. The summed E-state index contributed by atoms with van der Waals surface area (Å²) in [5.74, 6) is -0.0934. The van der Waals surface area contributed by atoms with Crippen LogP contribution >= 0.6 is 15.9 Å². The fourth-order valence-corrected chi connectivity index (χ4v) is 1.72. The van der Waals surface area contributed by atoms with Gasteiger partial charge in [-0.2, -0.15) is 4.99 Å². The number of alkyl halides is 3. The van der Waals surface area contributed by atoms with Gasteiger partial charge in [-0.3, -0.25) is 5.41 Å². The average Bonchev–Trinajstić information content (AvgIpc) is 2.50. The predicted molar refractivity (Wildman–Crippen MR) is 94.8 cm³/mol. The van der Waals surface area contributed by atoms with Gasteiger partial charge < -0.3 is 26.1 Å². The third-order valence-electron chi connectivity index (χ3n) is 2.43. The quantitative estimate of drug-likeness (QED) is 0.202. The Morgan fingerprint density at radius 1 is 1.24 bits per heavy atom. The molecule has 1 aromatic rings. The van der Waals surface area contributed by atoms with Crippen molar-refractivity contribution in [1.82, 2.24) is 10.6 Å². The zero-order chi connectivity index (χ0) is 18.7. The van der Waals surface area contributed by atoms with Crippen LogP contribution in [0.15, 0.2) is 41.5 Å². The Bertz CT molecular complexity index is 630. The summed E-state index contributed by atoms with van der Waals surface area (Å²) in [7, 11) is 0. The van der Waals surface area contributed by atoms with E-state index in [1.54, 1.807) is 6.20 Å². The lowest BCUT2D eigenvalue weighted by Gasteiger charge is -2.13. The molecule has 0 radical (unpaired) electrons. The molecule has 0 aliphatic carbocycles. The highest BCUT2D eigenvalue weighted by molar-refractivity contribution is 9.18. The Labute approximate surface area is 150 Å². The molecule has 0 spiro atoms. The van der Waals surface area contributed by atoms with E-state index in [-0.39, 0.29) is 16.5 Å². The number of amidine groups is 1. The summed E-state index contributed by atoms with van der Waals surface area (Å²) in [6.07, 6.45) is -0.489. The Balaban J connectivity index is 2.61. The highest BCUT2D eigenvalue weighted by Crippen LogP contribution is 2.23. The number of rotatable bonds is 7. The van der Waals surface area contributed by atoms with Gasteiger partial charge in [0.2, 0.25) is 5.96 Å². The summed E-state index contributed by atoms with van der Waals surface area (Å²) in [5, 5.41) is 22.9. The van der Waals surface area contributed by atoms with Crippen molar-refractivity contribution in [2.45, 2.75) is 6.36 Å². The van der Waals surface area contributed by atoms with Crippen molar-refractivity contribution in [1.29, 1.82) is 10.8 Å². The topological polar surface area (TPSA) is 105 Å². The minimum absolute atomic E-state index is 0.129. The molecular formula is C14H16BrF3N6O. The fraction of sp³-hybridized carbons (Fsp3) is 0.214. The molecule has 0 aromatic heterocycles. The number of benzene rings is 1. The van der Waals surface area contributed by atoms with E-state index in [1.807, 2.05) is 0 Å². The summed E-state index contributed by atoms with van der Waals surface area (Å²) in [4.78, 5) is 3.89. The predicted octanol–water partition coefficient (Wildman–Crippen LogP) is 3.03. The maximum atomic E-state index is 12.1. The largest absolute Gasteiger partial charge is 0.573 e. The Kier molecular flexibility index (Phi) is 8.47. The van der Waals surface area contributed by atoms with Crippen molar-refractivity contribution in [3.63, 3.8) is 0 Å². The molecule has 7 nitrogen and oxygen atoms in total. The number of hydrogen-bond donors (Lipinski definition) is 5. The van der Waals surface area contributed by atoms with E-state index in [2.05, 4.69) is 41.6 Å². The maximum Gasteiger partial charge on any atom is 0.573 e. The van der Waals surface area contributed by atoms with E-state index in [0.29, 0.717) is 18.8 Å². The van der Waals surface area contributed by atoms with E-state index >= 15 is 0 Å². The maximum absolute atomic E-state index is 12.1. The summed E-state index contributed by atoms with van der Waals surface area (Å²) in [6.45, 7) is 0.975. The summed E-state index contributed by atoms with van der Waals surface area (Å²) >= 11 is 2.90. The Hall–Kier alpha value is -2.56. The van der Waals surface area contributed by atoms with Gasteiger partial charge in [0.25, 0.3) is 0 Å². The van der Waals surface area contributed by atoms with Crippen molar-refractivity contribution in [3.05, 3.63) is 36.5 Å². The van der Waals surface area contributed by atoms with E-state index in [4.69, 9.17) is 10.8 Å². The van der Waals surface area contributed by atoms with Gasteiger partial charge >= 0.3 is 6.36 Å². The lowest BCUT2D eigenvalue weighted by atomic mass is 10.3. The van der Waals surface area contributed by atoms with Gasteiger partial charge in [-0.15, -0.1) is 13.2 Å². The number of nitrogens with one attached hydrogen (secondary N) is 5. The van der Waals surface area contributed by atoms with E-state index < -0.39 is 6.36 Å². The number of allylic oxidation sites excluding steroid dienone is 1. The molecule has 0 amide bonds. The van der Waals surface area contributed by atoms with Crippen LogP contribution in [0.5, 0.6) is 5.75 Å². The van der Waals surface area contributed by atoms with Gasteiger partial charge in [0.15, 0.2) is 4.74 Å². The molecule has 25 heavy (non-hydrogen) atoms. The average molecular weight is 421 g/mol. The molecule has 0 bridgehead atoms. The molecule has 0 aliphatic rings. The molecule has 1 aromatic carbocycles. The number of anilines is 1. The Morgan fingerprint density at radius 3 is 2.48 bits per heavy atom. The van der Waals surface area contributed by atoms with E-state index in [0.717, 1.165) is 18.3 Å². The van der Waals surface area contributed by atoms with Crippen LogP contribution < -0.4 is 20.7 Å². The molecule has 0 saturated heterocycles. The highest BCUT2D eigenvalue weighted by Gasteiger charge is 2.30. The molecule has 11 heteroatoms. The summed E-state index contributed by atoms with van der Waals surface area (Å²) in [6, 6.07) is 5.11. The van der Waals surface area contributed by atoms with Crippen LogP contribution in [0.4, 0.5) is 18.9 Å². The van der Waals surface area contributed by atoms with Crippen LogP contribution in [-0.2, 0) is 0 Å². The smallest absolute Gasteiger partial charge is 0.406 e. The second kappa shape index (κ2) is 10.3. The minimum atomic E-state index is -4.74. The molecule has 0 saturated carbocycles. The first kappa shape index (κ1) is 20.5. The number of halogens is 4. The molecule has 0 heterocycles. The number of aliphatic imine (C=N–C) groups is 1. The second-order valence-electron chi connectivity index (χ2n) is 4.36. The molecule has 1 rings (SSSR count). The van der Waals surface area contributed by atoms with Crippen LogP contribution in [0.3, 0.4) is 0 Å². The molecule has 5 N–H and O–H groups in total. The van der Waals surface area contributed by atoms with Gasteiger partial charge in [-0.1, -0.05) is 0 Å². The van der Waals surface area contributed by atoms with Gasteiger partial charge in [0.1, 0.15) is 5.75 Å². The fourth-order valence-electron chi connectivity index (χ4n) is 1.54. The SMILES string of the molecule is N=C/C=C\NCCN/C(=N/C(=N)Br)Nc1ccc(OC(F)(F)F)cc1. The van der Waals surface area contributed by atoms with Gasteiger partial charge in [0.05, 0.1) is 0 Å². The Morgan fingerprint density at radius 2 is 1.92 bits per heavy atom. The van der Waals surface area contributed by atoms with Crippen LogP contribution in [0.2, 0.25) is 0 Å². The first-order valence-electron chi connectivity index (χ1n) is 6.88. The number of nitrogens with zero attached hydrogens (tertiary/aromatic N) is 1. The first-order valence-corrected chi connectivity index (χ1v) is 7.68. The van der Waals surface area contributed by atoms with Crippen molar-refractivity contribution >= 4 is 38.5 Å². The molecule has 136 valence electrons. The van der Waals surface area contributed by atoms with Crippen molar-refractivity contribution < 1.29 is 17.9 Å². The normalized spacial score (nSPS) is 11.9. The first-order chi connectivity index (χ1) is 11.8. The third kappa shape index (κ3) is 10.0. The molecule has 0 aliphatic heterocycles. The minimum Gasteiger partial charge on any atom is -0.406 e. The number of ether oxygens (including phenoxy) is 1. The third-order valence-corrected chi connectivity index (χ3v) is 2.61. The molecule has 0 unspecified atom stereocenters. The van der Waals surface area contributed by atoms with Crippen LogP contribution in [0, 0.1) is 10.8 Å². The van der Waals surface area contributed by atoms with E-state index in [1.165, 1.54) is 18.2 Å².